The summed E-state index contributed by atoms with van der Waals surface area (Å²) in [4.78, 5) is 12.2. The van der Waals surface area contributed by atoms with Gasteiger partial charge in [-0.2, -0.15) is 5.26 Å². The minimum Gasteiger partial charge on any atom is -0.366 e. The maximum Gasteiger partial charge on any atom is 0.251 e. The van der Waals surface area contributed by atoms with Crippen LogP contribution in [0.4, 0.5) is 0 Å². The Kier molecular flexibility index (Phi) is 4.94. The lowest BCUT2D eigenvalue weighted by atomic mass is 9.96. The largest absolute Gasteiger partial charge is 0.366 e. The van der Waals surface area contributed by atoms with Crippen molar-refractivity contribution in [3.05, 3.63) is 46.8 Å². The molecule has 2 N–H and O–H groups in total. The summed E-state index contributed by atoms with van der Waals surface area (Å²) in [6.07, 6.45) is 6.73. The van der Waals surface area contributed by atoms with Crippen molar-refractivity contribution in [3.63, 3.8) is 0 Å². The van der Waals surface area contributed by atoms with Crippen LogP contribution in [0.1, 0.15) is 72.4 Å². The number of hydrogen-bond acceptors (Lipinski definition) is 2. The number of carbonyl (C=O) groups is 1. The van der Waals surface area contributed by atoms with Crippen LogP contribution in [0.3, 0.4) is 0 Å². The highest BCUT2D eigenvalue weighted by Crippen LogP contribution is 2.43. The number of amides is 1. The molecule has 130 valence electrons. The minimum absolute atomic E-state index is 0.368. The van der Waals surface area contributed by atoms with Gasteiger partial charge in [-0.1, -0.05) is 31.9 Å². The third-order valence-electron chi connectivity index (χ3n) is 5.03. The van der Waals surface area contributed by atoms with Crippen LogP contribution in [0, 0.1) is 18.3 Å². The molecule has 0 unspecified atom stereocenters. The lowest BCUT2D eigenvalue weighted by Crippen LogP contribution is -2.13. The van der Waals surface area contributed by atoms with Gasteiger partial charge in [0.25, 0.3) is 5.91 Å². The van der Waals surface area contributed by atoms with Crippen LogP contribution >= 0.6 is 0 Å². The molecule has 0 atom stereocenters. The van der Waals surface area contributed by atoms with Crippen LogP contribution < -0.4 is 5.73 Å². The number of unbranched alkanes of at least 4 members (excludes halogenated alkanes) is 2. The van der Waals surface area contributed by atoms with Crippen molar-refractivity contribution in [1.29, 1.82) is 5.26 Å². The molecule has 1 aliphatic carbocycles. The van der Waals surface area contributed by atoms with Gasteiger partial charge in [0.1, 0.15) is 0 Å². The van der Waals surface area contributed by atoms with Gasteiger partial charge < -0.3 is 10.3 Å². The molecule has 0 radical (unpaired) electrons. The summed E-state index contributed by atoms with van der Waals surface area (Å²) in [5.41, 5.74) is 11.2. The van der Waals surface area contributed by atoms with Crippen molar-refractivity contribution in [2.45, 2.75) is 58.4 Å². The Morgan fingerprint density at radius 1 is 1.28 bits per heavy atom. The summed E-state index contributed by atoms with van der Waals surface area (Å²) in [7, 11) is 0. The van der Waals surface area contributed by atoms with E-state index in [-0.39, 0.29) is 5.91 Å². The van der Waals surface area contributed by atoms with E-state index in [4.69, 9.17) is 11.0 Å². The Morgan fingerprint density at radius 3 is 2.48 bits per heavy atom. The number of benzene rings is 1. The first-order valence-corrected chi connectivity index (χ1v) is 9.12. The molecule has 0 spiro atoms. The smallest absolute Gasteiger partial charge is 0.251 e. The van der Waals surface area contributed by atoms with E-state index < -0.39 is 0 Å². The van der Waals surface area contributed by atoms with Crippen LogP contribution in [0.5, 0.6) is 0 Å². The van der Waals surface area contributed by atoms with Crippen LogP contribution in [-0.2, 0) is 6.42 Å². The van der Waals surface area contributed by atoms with Crippen molar-refractivity contribution in [2.75, 3.05) is 0 Å². The molecule has 4 heteroatoms. The van der Waals surface area contributed by atoms with Crippen LogP contribution in [0.2, 0.25) is 0 Å². The molecule has 1 amide bonds. The summed E-state index contributed by atoms with van der Waals surface area (Å²) >= 11 is 0. The maximum absolute atomic E-state index is 12.2. The average Bonchev–Trinajstić information content (AvgIpc) is 3.39. The summed E-state index contributed by atoms with van der Waals surface area (Å²) in [5, 5.41) is 9.04. The summed E-state index contributed by atoms with van der Waals surface area (Å²) < 4.78 is 2.35. The molecule has 0 bridgehead atoms. The Morgan fingerprint density at radius 2 is 1.96 bits per heavy atom. The van der Waals surface area contributed by atoms with Gasteiger partial charge in [-0.3, -0.25) is 4.79 Å². The van der Waals surface area contributed by atoms with E-state index in [1.807, 2.05) is 19.1 Å². The number of nitriles is 1. The molecule has 4 nitrogen and oxygen atoms in total. The topological polar surface area (TPSA) is 71.8 Å². The van der Waals surface area contributed by atoms with Gasteiger partial charge in [0.2, 0.25) is 0 Å². The second-order valence-corrected chi connectivity index (χ2v) is 6.89. The highest BCUT2D eigenvalue weighted by Gasteiger charge is 2.32. The fraction of sp³-hybridized carbons (Fsp3) is 0.429. The molecule has 1 aromatic carbocycles. The summed E-state index contributed by atoms with van der Waals surface area (Å²) in [5.74, 6) is -0.368. The van der Waals surface area contributed by atoms with Crippen molar-refractivity contribution >= 4 is 5.91 Å². The van der Waals surface area contributed by atoms with E-state index in [1.54, 1.807) is 12.1 Å². The predicted octanol–water partition coefficient (Wildman–Crippen LogP) is 4.50. The molecule has 1 saturated carbocycles. The molecule has 3 rings (SSSR count). The Balaban J connectivity index is 2.16. The zero-order valence-electron chi connectivity index (χ0n) is 15.0. The molecule has 1 heterocycles. The molecule has 1 aromatic heterocycles. The summed E-state index contributed by atoms with van der Waals surface area (Å²) in [6.45, 7) is 4.20. The zero-order valence-corrected chi connectivity index (χ0v) is 15.0. The van der Waals surface area contributed by atoms with E-state index in [0.29, 0.717) is 17.2 Å². The van der Waals surface area contributed by atoms with E-state index >= 15 is 0 Å². The number of hydrogen-bond donors (Lipinski definition) is 1. The number of rotatable bonds is 7. The Labute approximate surface area is 149 Å². The number of primary amides is 1. The highest BCUT2D eigenvalue weighted by atomic mass is 16.1. The van der Waals surface area contributed by atoms with Gasteiger partial charge in [0, 0.05) is 23.0 Å². The second kappa shape index (κ2) is 7.14. The normalized spacial score (nSPS) is 13.6. The first-order valence-electron chi connectivity index (χ1n) is 9.12. The molecular formula is C21H25N3O. The van der Waals surface area contributed by atoms with Crippen LogP contribution in [0.25, 0.3) is 11.1 Å². The molecule has 0 aliphatic heterocycles. The molecule has 0 saturated heterocycles. The Hall–Kier alpha value is -2.54. The standard InChI is InChI=1S/C21H25N3O/c1-3-4-5-6-18-20(16-9-7-15(13-22)8-10-16)19(21(23)25)14(2)24(18)17-11-12-17/h7-10,17H,3-6,11-12H2,1-2H3,(H2,23,25). The quantitative estimate of drug-likeness (QED) is 0.757. The lowest BCUT2D eigenvalue weighted by molar-refractivity contribution is 0.1000. The second-order valence-electron chi connectivity index (χ2n) is 6.89. The van der Waals surface area contributed by atoms with Gasteiger partial charge in [-0.15, -0.1) is 0 Å². The Bertz CT molecular complexity index is 820. The van der Waals surface area contributed by atoms with E-state index in [2.05, 4.69) is 17.6 Å². The zero-order chi connectivity index (χ0) is 18.0. The van der Waals surface area contributed by atoms with E-state index in [1.165, 1.54) is 25.0 Å². The number of carbonyl (C=O) groups excluding carboxylic acids is 1. The molecule has 1 fully saturated rings. The average molecular weight is 335 g/mol. The first kappa shape index (κ1) is 17.3. The minimum atomic E-state index is -0.368. The molecular weight excluding hydrogens is 310 g/mol. The summed E-state index contributed by atoms with van der Waals surface area (Å²) in [6, 6.07) is 10.1. The SMILES string of the molecule is CCCCCc1c(-c2ccc(C#N)cc2)c(C(N)=O)c(C)n1C1CC1. The van der Waals surface area contributed by atoms with Gasteiger partial charge in [-0.05, 0) is 50.3 Å². The third kappa shape index (κ3) is 3.32. The maximum atomic E-state index is 12.2. The van der Waals surface area contributed by atoms with Gasteiger partial charge in [0.05, 0.1) is 17.2 Å². The molecule has 1 aliphatic rings. The van der Waals surface area contributed by atoms with Crippen LogP contribution in [-0.4, -0.2) is 10.5 Å². The van der Waals surface area contributed by atoms with Gasteiger partial charge in [-0.25, -0.2) is 0 Å². The van der Waals surface area contributed by atoms with Crippen molar-refractivity contribution < 1.29 is 4.79 Å². The number of nitrogens with zero attached hydrogens (tertiary/aromatic N) is 2. The molecule has 25 heavy (non-hydrogen) atoms. The lowest BCUT2D eigenvalue weighted by Gasteiger charge is -2.12. The van der Waals surface area contributed by atoms with Gasteiger partial charge in [0.15, 0.2) is 0 Å². The fourth-order valence-electron chi connectivity index (χ4n) is 3.71. The van der Waals surface area contributed by atoms with E-state index in [0.717, 1.165) is 36.1 Å². The van der Waals surface area contributed by atoms with Gasteiger partial charge >= 0.3 is 0 Å². The number of nitrogens with two attached hydrogens (primary N) is 1. The first-order chi connectivity index (χ1) is 12.1. The third-order valence-corrected chi connectivity index (χ3v) is 5.03. The van der Waals surface area contributed by atoms with Crippen molar-refractivity contribution in [3.8, 4) is 17.2 Å². The fourth-order valence-corrected chi connectivity index (χ4v) is 3.71. The van der Waals surface area contributed by atoms with Crippen molar-refractivity contribution in [2.24, 2.45) is 5.73 Å². The molecule has 2 aromatic rings. The van der Waals surface area contributed by atoms with Crippen molar-refractivity contribution in [1.82, 2.24) is 4.57 Å². The van der Waals surface area contributed by atoms with E-state index in [9.17, 15) is 4.79 Å². The predicted molar refractivity (Wildman–Crippen MR) is 99.3 cm³/mol. The number of aromatic nitrogens is 1. The monoisotopic (exact) mass is 335 g/mol. The van der Waals surface area contributed by atoms with Crippen LogP contribution in [0.15, 0.2) is 24.3 Å². The highest BCUT2D eigenvalue weighted by molar-refractivity contribution is 6.02.